The van der Waals surface area contributed by atoms with Crippen LogP contribution in [0.4, 0.5) is 0 Å². The highest BCUT2D eigenvalue weighted by molar-refractivity contribution is 5.27. The summed E-state index contributed by atoms with van der Waals surface area (Å²) in [6, 6.07) is 10.2. The third-order valence-corrected chi connectivity index (χ3v) is 3.23. The van der Waals surface area contributed by atoms with Crippen LogP contribution in [0.3, 0.4) is 0 Å². The fourth-order valence-electron chi connectivity index (χ4n) is 2.16. The summed E-state index contributed by atoms with van der Waals surface area (Å²) in [5.41, 5.74) is 1.30. The van der Waals surface area contributed by atoms with Crippen molar-refractivity contribution in [1.82, 2.24) is 15.3 Å². The summed E-state index contributed by atoms with van der Waals surface area (Å²) in [6.07, 6.45) is 5.55. The average Bonchev–Trinajstić information content (AvgIpc) is 2.53. The lowest BCUT2D eigenvalue weighted by atomic mass is 10.0. The highest BCUT2D eigenvalue weighted by Gasteiger charge is 2.12. The van der Waals surface area contributed by atoms with Gasteiger partial charge in [-0.3, -0.25) is 0 Å². The van der Waals surface area contributed by atoms with E-state index in [4.69, 9.17) is 4.74 Å². The predicted molar refractivity (Wildman–Crippen MR) is 79.8 cm³/mol. The van der Waals surface area contributed by atoms with Crippen LogP contribution in [0.15, 0.2) is 42.7 Å². The van der Waals surface area contributed by atoms with Gasteiger partial charge in [-0.15, -0.1) is 0 Å². The van der Waals surface area contributed by atoms with Gasteiger partial charge in [0.1, 0.15) is 11.6 Å². The Kier molecular flexibility index (Phi) is 5.50. The smallest absolute Gasteiger partial charge is 0.145 e. The fourth-order valence-corrected chi connectivity index (χ4v) is 2.16. The van der Waals surface area contributed by atoms with E-state index in [1.54, 1.807) is 19.5 Å². The lowest BCUT2D eigenvalue weighted by Gasteiger charge is -2.16. The van der Waals surface area contributed by atoms with Gasteiger partial charge in [0.25, 0.3) is 0 Å². The molecular formula is C16H21N3O. The maximum absolute atomic E-state index is 5.17. The number of benzene rings is 1. The Morgan fingerprint density at radius 2 is 1.85 bits per heavy atom. The van der Waals surface area contributed by atoms with Gasteiger partial charge in [0, 0.05) is 12.4 Å². The lowest BCUT2D eigenvalue weighted by molar-refractivity contribution is 0.414. The minimum absolute atomic E-state index is 0.198. The van der Waals surface area contributed by atoms with Crippen molar-refractivity contribution < 1.29 is 4.74 Å². The van der Waals surface area contributed by atoms with Gasteiger partial charge in [-0.1, -0.05) is 19.1 Å². The molecule has 0 aliphatic heterocycles. The summed E-state index contributed by atoms with van der Waals surface area (Å²) in [5.74, 6) is 1.76. The normalized spacial score (nSPS) is 12.1. The van der Waals surface area contributed by atoms with Crippen LogP contribution < -0.4 is 10.1 Å². The van der Waals surface area contributed by atoms with E-state index in [9.17, 15) is 0 Å². The molecule has 4 heteroatoms. The highest BCUT2D eigenvalue weighted by Crippen LogP contribution is 2.17. The van der Waals surface area contributed by atoms with E-state index in [2.05, 4.69) is 34.3 Å². The second kappa shape index (κ2) is 7.60. The molecule has 0 amide bonds. The Morgan fingerprint density at radius 1 is 1.15 bits per heavy atom. The van der Waals surface area contributed by atoms with Gasteiger partial charge < -0.3 is 10.1 Å². The molecule has 1 atom stereocenters. The SMILES string of the molecule is CCNC(CCc1ccc(OC)cc1)c1ncccn1. The molecule has 0 fully saturated rings. The molecule has 0 radical (unpaired) electrons. The van der Waals surface area contributed by atoms with Gasteiger partial charge in [0.05, 0.1) is 13.2 Å². The van der Waals surface area contributed by atoms with Crippen molar-refractivity contribution in [2.24, 2.45) is 0 Å². The van der Waals surface area contributed by atoms with E-state index in [-0.39, 0.29) is 6.04 Å². The monoisotopic (exact) mass is 271 g/mol. The molecule has 2 rings (SSSR count). The summed E-state index contributed by atoms with van der Waals surface area (Å²) >= 11 is 0. The Morgan fingerprint density at radius 3 is 2.45 bits per heavy atom. The molecule has 1 aromatic heterocycles. The van der Waals surface area contributed by atoms with Crippen molar-refractivity contribution in [2.75, 3.05) is 13.7 Å². The molecule has 2 aromatic rings. The molecule has 0 bridgehead atoms. The first-order valence-corrected chi connectivity index (χ1v) is 6.96. The first-order chi connectivity index (χ1) is 9.83. The van der Waals surface area contributed by atoms with Crippen molar-refractivity contribution in [2.45, 2.75) is 25.8 Å². The quantitative estimate of drug-likeness (QED) is 0.841. The molecule has 0 saturated carbocycles. The molecular weight excluding hydrogens is 250 g/mol. The van der Waals surface area contributed by atoms with Crippen LogP contribution in [0.1, 0.15) is 30.8 Å². The van der Waals surface area contributed by atoms with E-state index in [1.807, 2.05) is 18.2 Å². The number of rotatable bonds is 7. The Labute approximate surface area is 120 Å². The van der Waals surface area contributed by atoms with Crippen molar-refractivity contribution >= 4 is 0 Å². The zero-order chi connectivity index (χ0) is 14.2. The number of aromatic nitrogens is 2. The third kappa shape index (κ3) is 4.03. The molecule has 20 heavy (non-hydrogen) atoms. The second-order valence-corrected chi connectivity index (χ2v) is 4.60. The highest BCUT2D eigenvalue weighted by atomic mass is 16.5. The van der Waals surface area contributed by atoms with Gasteiger partial charge in [-0.2, -0.15) is 0 Å². The Hall–Kier alpha value is -1.94. The first-order valence-electron chi connectivity index (χ1n) is 6.96. The topological polar surface area (TPSA) is 47.0 Å². The summed E-state index contributed by atoms with van der Waals surface area (Å²) in [5, 5.41) is 3.44. The third-order valence-electron chi connectivity index (χ3n) is 3.23. The standard InChI is InChI=1S/C16H21N3O/c1-3-17-15(16-18-11-4-12-19-16)10-7-13-5-8-14(20-2)9-6-13/h4-6,8-9,11-12,15,17H,3,7,10H2,1-2H3. The molecule has 4 nitrogen and oxygen atoms in total. The van der Waals surface area contributed by atoms with Gasteiger partial charge >= 0.3 is 0 Å². The van der Waals surface area contributed by atoms with Gasteiger partial charge in [-0.25, -0.2) is 9.97 Å². The van der Waals surface area contributed by atoms with Crippen molar-refractivity contribution in [3.8, 4) is 5.75 Å². The number of methoxy groups -OCH3 is 1. The minimum Gasteiger partial charge on any atom is -0.497 e. The predicted octanol–water partition coefficient (Wildman–Crippen LogP) is 2.77. The van der Waals surface area contributed by atoms with Crippen molar-refractivity contribution in [3.63, 3.8) is 0 Å². The van der Waals surface area contributed by atoms with E-state index in [0.717, 1.165) is 31.0 Å². The molecule has 1 N–H and O–H groups in total. The Balaban J connectivity index is 1.98. The maximum Gasteiger partial charge on any atom is 0.145 e. The van der Waals surface area contributed by atoms with E-state index < -0.39 is 0 Å². The largest absolute Gasteiger partial charge is 0.497 e. The number of nitrogens with one attached hydrogen (secondary N) is 1. The number of aryl methyl sites for hydroxylation is 1. The number of hydrogen-bond acceptors (Lipinski definition) is 4. The van der Waals surface area contributed by atoms with Crippen molar-refractivity contribution in [1.29, 1.82) is 0 Å². The molecule has 1 unspecified atom stereocenters. The van der Waals surface area contributed by atoms with Crippen LogP contribution in [-0.2, 0) is 6.42 Å². The number of ether oxygens (including phenoxy) is 1. The van der Waals surface area contributed by atoms with Gasteiger partial charge in [0.15, 0.2) is 0 Å². The zero-order valence-corrected chi connectivity index (χ0v) is 12.0. The summed E-state index contributed by atoms with van der Waals surface area (Å²) in [7, 11) is 1.68. The van der Waals surface area contributed by atoms with E-state index in [1.165, 1.54) is 5.56 Å². The van der Waals surface area contributed by atoms with Crippen LogP contribution in [0.25, 0.3) is 0 Å². The van der Waals surface area contributed by atoms with Crippen LogP contribution in [0.5, 0.6) is 5.75 Å². The number of hydrogen-bond donors (Lipinski definition) is 1. The lowest BCUT2D eigenvalue weighted by Crippen LogP contribution is -2.23. The molecule has 0 aliphatic rings. The average molecular weight is 271 g/mol. The molecule has 1 heterocycles. The Bertz CT molecular complexity index is 499. The minimum atomic E-state index is 0.198. The molecule has 106 valence electrons. The van der Waals surface area contributed by atoms with E-state index >= 15 is 0 Å². The van der Waals surface area contributed by atoms with Crippen LogP contribution in [0.2, 0.25) is 0 Å². The maximum atomic E-state index is 5.17. The summed E-state index contributed by atoms with van der Waals surface area (Å²) in [4.78, 5) is 8.69. The molecule has 0 aliphatic carbocycles. The summed E-state index contributed by atoms with van der Waals surface area (Å²) < 4.78 is 5.17. The van der Waals surface area contributed by atoms with Gasteiger partial charge in [0.2, 0.25) is 0 Å². The fraction of sp³-hybridized carbons (Fsp3) is 0.375. The second-order valence-electron chi connectivity index (χ2n) is 4.60. The van der Waals surface area contributed by atoms with Crippen molar-refractivity contribution in [3.05, 3.63) is 54.1 Å². The number of nitrogens with zero attached hydrogens (tertiary/aromatic N) is 2. The van der Waals surface area contributed by atoms with Crippen LogP contribution >= 0.6 is 0 Å². The summed E-state index contributed by atoms with van der Waals surface area (Å²) in [6.45, 7) is 3.01. The molecule has 0 saturated heterocycles. The van der Waals surface area contributed by atoms with Crippen LogP contribution in [-0.4, -0.2) is 23.6 Å². The first kappa shape index (κ1) is 14.5. The molecule has 1 aromatic carbocycles. The van der Waals surface area contributed by atoms with E-state index in [0.29, 0.717) is 0 Å². The van der Waals surface area contributed by atoms with Crippen LogP contribution in [0, 0.1) is 0 Å². The molecule has 0 spiro atoms. The zero-order valence-electron chi connectivity index (χ0n) is 12.0. The van der Waals surface area contributed by atoms with Gasteiger partial charge in [-0.05, 0) is 43.1 Å².